The van der Waals surface area contributed by atoms with Gasteiger partial charge in [0.05, 0.1) is 11.6 Å². The maximum atomic E-state index is 13.7. The van der Waals surface area contributed by atoms with Crippen LogP contribution in [0.1, 0.15) is 66.0 Å². The van der Waals surface area contributed by atoms with Crippen LogP contribution in [0, 0.1) is 19.8 Å². The minimum atomic E-state index is -0.774. The topological polar surface area (TPSA) is 80.0 Å². The van der Waals surface area contributed by atoms with Gasteiger partial charge in [0.25, 0.3) is 5.91 Å². The van der Waals surface area contributed by atoms with E-state index >= 15 is 0 Å². The summed E-state index contributed by atoms with van der Waals surface area (Å²) in [4.78, 5) is 28.6. The summed E-state index contributed by atoms with van der Waals surface area (Å²) in [6.07, 6.45) is 4.71. The molecule has 1 aliphatic carbocycles. The van der Waals surface area contributed by atoms with Gasteiger partial charge in [-0.3, -0.25) is 4.79 Å². The molecule has 0 unspecified atom stereocenters. The van der Waals surface area contributed by atoms with Crippen LogP contribution in [0.5, 0.6) is 5.75 Å². The Bertz CT molecular complexity index is 1670. The number of fused-ring (bicyclic) bond motifs is 2. The summed E-state index contributed by atoms with van der Waals surface area (Å²) >= 11 is 6.18. The van der Waals surface area contributed by atoms with E-state index in [0.29, 0.717) is 46.9 Å². The summed E-state index contributed by atoms with van der Waals surface area (Å²) in [7, 11) is 0. The Morgan fingerprint density at radius 2 is 1.79 bits per heavy atom. The van der Waals surface area contributed by atoms with Crippen LogP contribution in [0.2, 0.25) is 5.02 Å². The smallest absolute Gasteiger partial charge is 0.340 e. The summed E-state index contributed by atoms with van der Waals surface area (Å²) in [5.41, 5.74) is 3.56. The summed E-state index contributed by atoms with van der Waals surface area (Å²) in [5, 5.41) is 13.0. The normalized spacial score (nSPS) is 22.1. The predicted octanol–water partition coefficient (Wildman–Crippen LogP) is 6.93. The van der Waals surface area contributed by atoms with Crippen molar-refractivity contribution in [1.29, 1.82) is 0 Å². The molecule has 1 amide bonds. The minimum absolute atomic E-state index is 0.0464. The summed E-state index contributed by atoms with van der Waals surface area (Å²) in [5.74, 6) is 0.316. The van der Waals surface area contributed by atoms with Gasteiger partial charge in [-0.1, -0.05) is 66.9 Å². The average Bonchev–Trinajstić information content (AvgIpc) is 2.99. The minimum Gasteiger partial charge on any atom is -0.483 e. The Balaban J connectivity index is 1.25. The molecule has 7 heteroatoms. The van der Waals surface area contributed by atoms with Crippen LogP contribution < -0.4 is 10.4 Å². The number of hydrogen-bond donors (Lipinski definition) is 1. The highest BCUT2D eigenvalue weighted by Gasteiger charge is 2.50. The van der Waals surface area contributed by atoms with Gasteiger partial charge >= 0.3 is 5.63 Å². The van der Waals surface area contributed by atoms with Gasteiger partial charge in [-0.15, -0.1) is 0 Å². The van der Waals surface area contributed by atoms with Crippen molar-refractivity contribution in [2.24, 2.45) is 5.92 Å². The maximum absolute atomic E-state index is 13.7. The quantitative estimate of drug-likeness (QED) is 0.248. The first kappa shape index (κ1) is 28.5. The Morgan fingerprint density at radius 3 is 2.55 bits per heavy atom. The number of rotatable bonds is 6. The summed E-state index contributed by atoms with van der Waals surface area (Å²) < 4.78 is 11.9. The third-order valence-corrected chi connectivity index (χ3v) is 9.58. The number of aliphatic hydroxyl groups is 1. The van der Waals surface area contributed by atoms with Crippen LogP contribution in [-0.4, -0.2) is 34.7 Å². The molecule has 1 saturated carbocycles. The highest BCUT2D eigenvalue weighted by Crippen LogP contribution is 2.49. The molecule has 1 N–H and O–H groups in total. The Kier molecular flexibility index (Phi) is 7.86. The number of carbonyl (C=O) groups excluding carboxylic acids is 1. The second-order valence-corrected chi connectivity index (χ2v) is 12.2. The van der Waals surface area contributed by atoms with Gasteiger partial charge in [0.2, 0.25) is 0 Å². The highest BCUT2D eigenvalue weighted by atomic mass is 35.5. The molecular formula is C35H36ClNO5. The van der Waals surface area contributed by atoms with Crippen LogP contribution >= 0.6 is 11.6 Å². The molecule has 1 aliphatic heterocycles. The fourth-order valence-electron chi connectivity index (χ4n) is 6.99. The molecule has 1 aromatic heterocycles. The Morgan fingerprint density at radius 1 is 1.02 bits per heavy atom. The van der Waals surface area contributed by atoms with Crippen LogP contribution in [0.4, 0.5) is 0 Å². The molecule has 1 saturated heterocycles. The molecule has 3 atom stereocenters. The first-order valence-corrected chi connectivity index (χ1v) is 15.1. The average molecular weight is 586 g/mol. The lowest BCUT2D eigenvalue weighted by Crippen LogP contribution is -2.56. The standard InChI is InChI=1S/C35H36ClNO5/c1-22-27-15-16-30(23(2)33(27)42-34(39)28(22)20-24-8-4-3-5-9-24)41-21-31(38)37-19-18-35(40)17-7-6-10-29(35)32(37)25-11-13-26(36)14-12-25/h3-5,8-9,11-16,29,32,40H,6-7,10,17-21H2,1-2H3/t29-,32+,35-/m1/s1. The van der Waals surface area contributed by atoms with Gasteiger partial charge in [-0.2, -0.15) is 0 Å². The van der Waals surface area contributed by atoms with E-state index in [-0.39, 0.29) is 30.1 Å². The lowest BCUT2D eigenvalue weighted by Gasteiger charge is -2.52. The van der Waals surface area contributed by atoms with Gasteiger partial charge in [-0.05, 0) is 74.1 Å². The molecule has 0 radical (unpaired) electrons. The van der Waals surface area contributed by atoms with E-state index in [4.69, 9.17) is 20.8 Å². The number of ether oxygens (including phenoxy) is 1. The summed E-state index contributed by atoms with van der Waals surface area (Å²) in [6.45, 7) is 4.09. The molecule has 2 aliphatic rings. The van der Waals surface area contributed by atoms with Crippen LogP contribution in [0.25, 0.3) is 11.0 Å². The second-order valence-electron chi connectivity index (χ2n) is 11.8. The number of nitrogens with zero attached hydrogens (tertiary/aromatic N) is 1. The first-order chi connectivity index (χ1) is 20.2. The largest absolute Gasteiger partial charge is 0.483 e. The number of piperidine rings is 1. The molecule has 2 fully saturated rings. The zero-order valence-corrected chi connectivity index (χ0v) is 24.8. The number of likely N-dealkylation sites (tertiary alicyclic amines) is 1. The van der Waals surface area contributed by atoms with Gasteiger partial charge in [-0.25, -0.2) is 4.79 Å². The number of amides is 1. The number of hydrogen-bond acceptors (Lipinski definition) is 5. The first-order valence-electron chi connectivity index (χ1n) is 14.7. The van der Waals surface area contributed by atoms with E-state index in [0.717, 1.165) is 47.8 Å². The molecule has 42 heavy (non-hydrogen) atoms. The van der Waals surface area contributed by atoms with Gasteiger partial charge in [0.1, 0.15) is 11.3 Å². The van der Waals surface area contributed by atoms with Crippen molar-refractivity contribution in [2.75, 3.05) is 13.2 Å². The van der Waals surface area contributed by atoms with Crippen molar-refractivity contribution in [3.05, 3.63) is 110 Å². The molecular weight excluding hydrogens is 550 g/mol. The van der Waals surface area contributed by atoms with Crippen molar-refractivity contribution >= 4 is 28.5 Å². The molecule has 218 valence electrons. The number of carbonyl (C=O) groups is 1. The summed E-state index contributed by atoms with van der Waals surface area (Å²) in [6, 6.07) is 20.9. The zero-order chi connectivity index (χ0) is 29.4. The Labute approximate surface area is 250 Å². The van der Waals surface area contributed by atoms with Crippen molar-refractivity contribution in [1.82, 2.24) is 4.90 Å². The van der Waals surface area contributed by atoms with Crippen LogP contribution in [-0.2, 0) is 11.2 Å². The fourth-order valence-corrected chi connectivity index (χ4v) is 7.11. The maximum Gasteiger partial charge on any atom is 0.340 e. The van der Waals surface area contributed by atoms with E-state index in [1.54, 1.807) is 0 Å². The van der Waals surface area contributed by atoms with Gasteiger partial charge in [0, 0.05) is 40.4 Å². The number of benzene rings is 3. The Hall–Kier alpha value is -3.61. The number of halogens is 1. The third kappa shape index (κ3) is 5.34. The van der Waals surface area contributed by atoms with Crippen molar-refractivity contribution in [3.8, 4) is 5.75 Å². The SMILES string of the molecule is Cc1c(Cc2ccccc2)c(=O)oc2c(C)c(OCC(=O)N3CC[C@]4(O)CCCC[C@@H]4[C@@H]3c3ccc(Cl)cc3)ccc12. The van der Waals surface area contributed by atoms with Gasteiger partial charge in [0.15, 0.2) is 6.61 Å². The zero-order valence-electron chi connectivity index (χ0n) is 24.1. The molecule has 0 bridgehead atoms. The lowest BCUT2D eigenvalue weighted by molar-refractivity contribution is -0.157. The van der Waals surface area contributed by atoms with E-state index in [1.807, 2.05) is 85.5 Å². The number of aryl methyl sites for hydroxylation is 2. The molecule has 6 rings (SSSR count). The van der Waals surface area contributed by atoms with E-state index in [9.17, 15) is 14.7 Å². The van der Waals surface area contributed by atoms with E-state index < -0.39 is 5.60 Å². The lowest BCUT2D eigenvalue weighted by atomic mass is 9.66. The van der Waals surface area contributed by atoms with Crippen molar-refractivity contribution < 1.29 is 19.1 Å². The van der Waals surface area contributed by atoms with Crippen LogP contribution in [0.15, 0.2) is 75.9 Å². The van der Waals surface area contributed by atoms with E-state index in [1.165, 1.54) is 0 Å². The van der Waals surface area contributed by atoms with Crippen molar-refractivity contribution in [2.45, 2.75) is 64.0 Å². The monoisotopic (exact) mass is 585 g/mol. The van der Waals surface area contributed by atoms with Crippen molar-refractivity contribution in [3.63, 3.8) is 0 Å². The fraction of sp³-hybridized carbons (Fsp3) is 0.371. The molecule has 4 aromatic rings. The molecule has 0 spiro atoms. The third-order valence-electron chi connectivity index (χ3n) is 9.33. The molecule has 6 nitrogen and oxygen atoms in total. The van der Waals surface area contributed by atoms with E-state index in [2.05, 4.69) is 0 Å². The second kappa shape index (κ2) is 11.6. The van der Waals surface area contributed by atoms with Gasteiger partial charge < -0.3 is 19.2 Å². The van der Waals surface area contributed by atoms with Crippen LogP contribution in [0.3, 0.4) is 0 Å². The highest BCUT2D eigenvalue weighted by molar-refractivity contribution is 6.30. The predicted molar refractivity (Wildman–Crippen MR) is 164 cm³/mol. The molecule has 3 aromatic carbocycles. The molecule has 2 heterocycles.